The number of aliphatic hydroxyl groups excluding tert-OH is 2. The molecule has 0 aliphatic carbocycles. The van der Waals surface area contributed by atoms with Crippen LogP contribution in [0.2, 0.25) is 0 Å². The zero-order valence-corrected chi connectivity index (χ0v) is 25.0. The number of aromatic nitrogens is 3. The van der Waals surface area contributed by atoms with Gasteiger partial charge in [-0.05, 0) is 48.9 Å². The second-order valence-electron chi connectivity index (χ2n) is 11.1. The lowest BCUT2D eigenvalue weighted by atomic mass is 9.87. The fourth-order valence-electron chi connectivity index (χ4n) is 4.77. The molecule has 1 aromatic carbocycles. The van der Waals surface area contributed by atoms with Crippen LogP contribution >= 0.6 is 7.75 Å². The minimum atomic E-state index is -4.28. The molecule has 1 saturated heterocycles. The average Bonchev–Trinajstić information content (AvgIpc) is 3.48. The number of anilines is 1. The lowest BCUT2D eigenvalue weighted by Crippen LogP contribution is -2.44. The van der Waals surface area contributed by atoms with E-state index in [4.69, 9.17) is 24.3 Å². The van der Waals surface area contributed by atoms with Crippen LogP contribution in [0.3, 0.4) is 0 Å². The van der Waals surface area contributed by atoms with Gasteiger partial charge in [0, 0.05) is 0 Å². The van der Waals surface area contributed by atoms with Crippen molar-refractivity contribution in [2.75, 3.05) is 26.0 Å². The number of aliphatic hydroxyl groups is 2. The second-order valence-corrected chi connectivity index (χ2v) is 12.8. The van der Waals surface area contributed by atoms with E-state index in [0.717, 1.165) is 5.56 Å². The number of carbonyl (C=O) groups excluding carboxylic acids is 1. The minimum Gasteiger partial charge on any atom is -0.468 e. The molecule has 228 valence electrons. The number of nitrogens with zero attached hydrogens (tertiary/aromatic N) is 4. The molecule has 0 radical (unpaired) electrons. The van der Waals surface area contributed by atoms with Crippen molar-refractivity contribution >= 4 is 31.8 Å². The smallest absolute Gasteiger partial charge is 0.459 e. The third-order valence-electron chi connectivity index (χ3n) is 7.07. The SMILES string of the molecule is C=NC[C@@]1(c2ccc3c(N)ncnn23)O[C@H](COP(=O)(N[C@@H](C)C(=O)OC)Oc2ccc(C(C)(C)C)cc2)[C@@H](O)[C@H]1O. The molecule has 3 heterocycles. The summed E-state index contributed by atoms with van der Waals surface area (Å²) in [7, 11) is -3.09. The lowest BCUT2D eigenvalue weighted by molar-refractivity contribution is -0.142. The summed E-state index contributed by atoms with van der Waals surface area (Å²) >= 11 is 0. The van der Waals surface area contributed by atoms with Crippen molar-refractivity contribution in [2.24, 2.45) is 4.99 Å². The Morgan fingerprint density at radius 3 is 2.60 bits per heavy atom. The van der Waals surface area contributed by atoms with E-state index in [1.165, 1.54) is 24.9 Å². The van der Waals surface area contributed by atoms with Crippen LogP contribution in [-0.4, -0.2) is 82.1 Å². The summed E-state index contributed by atoms with van der Waals surface area (Å²) in [4.78, 5) is 20.0. The number of ether oxygens (including phenoxy) is 2. The quantitative estimate of drug-likeness (QED) is 0.142. The van der Waals surface area contributed by atoms with Gasteiger partial charge < -0.3 is 29.9 Å². The molecule has 3 aromatic rings. The van der Waals surface area contributed by atoms with Gasteiger partial charge in [0.15, 0.2) is 11.4 Å². The van der Waals surface area contributed by atoms with Gasteiger partial charge in [0.05, 0.1) is 26.0 Å². The molecule has 1 unspecified atom stereocenters. The van der Waals surface area contributed by atoms with Crippen LogP contribution in [0.4, 0.5) is 5.82 Å². The molecule has 0 spiro atoms. The van der Waals surface area contributed by atoms with E-state index in [-0.39, 0.29) is 23.5 Å². The number of hydrogen-bond donors (Lipinski definition) is 4. The Labute approximate surface area is 243 Å². The first kappa shape index (κ1) is 31.5. The van der Waals surface area contributed by atoms with E-state index in [1.54, 1.807) is 24.3 Å². The number of fused-ring (bicyclic) bond motifs is 1. The topological polar surface area (TPSA) is 192 Å². The first-order chi connectivity index (χ1) is 19.7. The number of benzene rings is 1. The van der Waals surface area contributed by atoms with E-state index in [0.29, 0.717) is 11.2 Å². The lowest BCUT2D eigenvalue weighted by Gasteiger charge is -2.30. The predicted molar refractivity (Wildman–Crippen MR) is 154 cm³/mol. The molecule has 0 saturated carbocycles. The minimum absolute atomic E-state index is 0.122. The summed E-state index contributed by atoms with van der Waals surface area (Å²) < 4.78 is 37.8. The molecule has 2 aromatic heterocycles. The van der Waals surface area contributed by atoms with Crippen molar-refractivity contribution < 1.29 is 38.1 Å². The summed E-state index contributed by atoms with van der Waals surface area (Å²) in [5, 5.41) is 29.0. The highest BCUT2D eigenvalue weighted by Crippen LogP contribution is 2.47. The van der Waals surface area contributed by atoms with E-state index < -0.39 is 50.3 Å². The van der Waals surface area contributed by atoms with E-state index in [9.17, 15) is 19.6 Å². The summed E-state index contributed by atoms with van der Waals surface area (Å²) in [6.07, 6.45) is -2.98. The Balaban J connectivity index is 1.61. The summed E-state index contributed by atoms with van der Waals surface area (Å²) in [5.74, 6) is -0.285. The van der Waals surface area contributed by atoms with Crippen molar-refractivity contribution in [1.29, 1.82) is 0 Å². The van der Waals surface area contributed by atoms with E-state index >= 15 is 0 Å². The molecule has 0 amide bonds. The van der Waals surface area contributed by atoms with Crippen LogP contribution in [-0.2, 0) is 34.4 Å². The Morgan fingerprint density at radius 1 is 1.29 bits per heavy atom. The summed E-state index contributed by atoms with van der Waals surface area (Å²) in [6, 6.07) is 9.13. The van der Waals surface area contributed by atoms with Crippen molar-refractivity contribution in [3.63, 3.8) is 0 Å². The van der Waals surface area contributed by atoms with Gasteiger partial charge in [0.2, 0.25) is 0 Å². The molecule has 5 N–H and O–H groups in total. The largest absolute Gasteiger partial charge is 0.468 e. The number of nitrogens with two attached hydrogens (primary N) is 1. The van der Waals surface area contributed by atoms with Gasteiger partial charge >= 0.3 is 13.7 Å². The maximum atomic E-state index is 13.9. The van der Waals surface area contributed by atoms with Gasteiger partial charge in [-0.15, -0.1) is 0 Å². The molecular weight excluding hydrogens is 567 g/mol. The number of aliphatic imine (C=N–C) groups is 1. The van der Waals surface area contributed by atoms with Crippen LogP contribution in [0.1, 0.15) is 39.0 Å². The third-order valence-corrected chi connectivity index (χ3v) is 8.71. The van der Waals surface area contributed by atoms with Crippen LogP contribution < -0.4 is 15.3 Å². The standard InChI is InChI=1S/C27H37N6O8P/c1-16(25(36)38-6)32-42(37,41-18-9-7-17(8-10-18)26(2,3)4)39-13-20-22(34)23(35)27(40-20,14-29-5)21-12-11-19-24(28)30-15-31-33(19)21/h7-12,15-16,20,22-23,34-35H,5,13-14H2,1-4,6H3,(H,32,37)(H2,28,30,31)/t16-,20+,22+,23+,27-,42?/m0/s1. The molecule has 14 nitrogen and oxygen atoms in total. The zero-order chi connectivity index (χ0) is 30.9. The normalized spacial score (nSPS) is 24.7. The van der Waals surface area contributed by atoms with Crippen LogP contribution in [0.25, 0.3) is 5.52 Å². The van der Waals surface area contributed by atoms with Gasteiger partial charge in [-0.2, -0.15) is 10.2 Å². The number of carbonyl (C=O) groups is 1. The summed E-state index contributed by atoms with van der Waals surface area (Å²) in [6.45, 7) is 10.5. The average molecular weight is 605 g/mol. The maximum Gasteiger partial charge on any atom is 0.459 e. The van der Waals surface area contributed by atoms with Crippen LogP contribution in [0.5, 0.6) is 5.75 Å². The molecule has 42 heavy (non-hydrogen) atoms. The molecule has 6 atom stereocenters. The second kappa shape index (κ2) is 12.1. The van der Waals surface area contributed by atoms with Gasteiger partial charge in [-0.25, -0.2) is 14.1 Å². The third kappa shape index (κ3) is 6.19. The molecule has 1 aliphatic heterocycles. The highest BCUT2D eigenvalue weighted by molar-refractivity contribution is 7.52. The van der Waals surface area contributed by atoms with Crippen LogP contribution in [0.15, 0.2) is 47.7 Å². The molecule has 15 heteroatoms. The Kier molecular flexibility index (Phi) is 9.07. The number of hydrogen-bond acceptors (Lipinski definition) is 12. The van der Waals surface area contributed by atoms with E-state index in [1.807, 2.05) is 12.1 Å². The van der Waals surface area contributed by atoms with Crippen molar-refractivity contribution in [3.8, 4) is 5.75 Å². The number of nitrogen functional groups attached to an aromatic ring is 1. The monoisotopic (exact) mass is 604 g/mol. The van der Waals surface area contributed by atoms with Crippen LogP contribution in [0, 0.1) is 0 Å². The van der Waals surface area contributed by atoms with Crippen molar-refractivity contribution in [3.05, 3.63) is 54.0 Å². The molecular formula is C27H37N6O8P. The molecule has 0 bridgehead atoms. The highest BCUT2D eigenvalue weighted by atomic mass is 31.2. The number of esters is 1. The van der Waals surface area contributed by atoms with Gasteiger partial charge in [0.1, 0.15) is 41.9 Å². The Hall–Kier alpha value is -3.39. The fourth-order valence-corrected chi connectivity index (χ4v) is 6.27. The predicted octanol–water partition coefficient (Wildman–Crippen LogP) is 1.98. The molecule has 1 fully saturated rings. The van der Waals surface area contributed by atoms with Gasteiger partial charge in [0.25, 0.3) is 0 Å². The first-order valence-electron chi connectivity index (χ1n) is 13.2. The Morgan fingerprint density at radius 2 is 1.98 bits per heavy atom. The van der Waals surface area contributed by atoms with Crippen molar-refractivity contribution in [2.45, 2.75) is 63.1 Å². The highest BCUT2D eigenvalue weighted by Gasteiger charge is 2.57. The first-order valence-corrected chi connectivity index (χ1v) is 14.7. The number of nitrogens with one attached hydrogen (secondary N) is 1. The molecule has 1 aliphatic rings. The van der Waals surface area contributed by atoms with Crippen molar-refractivity contribution in [1.82, 2.24) is 19.7 Å². The maximum absolute atomic E-state index is 13.9. The van der Waals surface area contributed by atoms with E-state index in [2.05, 4.69) is 47.7 Å². The van der Waals surface area contributed by atoms with Gasteiger partial charge in [-0.3, -0.25) is 14.3 Å². The Bertz CT molecular complexity index is 1480. The summed E-state index contributed by atoms with van der Waals surface area (Å²) in [5.41, 5.74) is 6.05. The van der Waals surface area contributed by atoms with Gasteiger partial charge in [-0.1, -0.05) is 32.9 Å². The fraction of sp³-hybridized carbons (Fsp3) is 0.481. The number of rotatable bonds is 11. The molecule has 4 rings (SSSR count). The zero-order valence-electron chi connectivity index (χ0n) is 24.1. The number of methoxy groups -OCH3 is 1.